The molecule has 31 heavy (non-hydrogen) atoms. The Hall–Kier alpha value is -3.40. The topological polar surface area (TPSA) is 118 Å². The SMILES string of the molecule is CCCNC(=O)C(=O)N/N=C\c1cc(Br)ccc1OCC(=O)Nc1ccc(OC)cc1. The Morgan fingerprint density at radius 3 is 2.52 bits per heavy atom. The van der Waals surface area contributed by atoms with Crippen LogP contribution < -0.4 is 25.5 Å². The van der Waals surface area contributed by atoms with Crippen LogP contribution in [0.15, 0.2) is 52.0 Å². The van der Waals surface area contributed by atoms with E-state index in [9.17, 15) is 14.4 Å². The van der Waals surface area contributed by atoms with Crippen LogP contribution in [0.25, 0.3) is 0 Å². The van der Waals surface area contributed by atoms with Crippen molar-refractivity contribution in [3.63, 3.8) is 0 Å². The Morgan fingerprint density at radius 1 is 1.10 bits per heavy atom. The van der Waals surface area contributed by atoms with Gasteiger partial charge in [-0.25, -0.2) is 5.43 Å². The molecule has 3 amide bonds. The maximum atomic E-state index is 12.2. The number of nitrogens with zero attached hydrogens (tertiary/aromatic N) is 1. The quantitative estimate of drug-likeness (QED) is 0.283. The van der Waals surface area contributed by atoms with Gasteiger partial charge in [-0.15, -0.1) is 0 Å². The van der Waals surface area contributed by atoms with Crippen molar-refractivity contribution in [2.24, 2.45) is 5.10 Å². The normalized spacial score (nSPS) is 10.4. The molecule has 9 nitrogen and oxygen atoms in total. The minimum atomic E-state index is -0.874. The smallest absolute Gasteiger partial charge is 0.329 e. The summed E-state index contributed by atoms with van der Waals surface area (Å²) in [7, 11) is 1.56. The summed E-state index contributed by atoms with van der Waals surface area (Å²) in [5.41, 5.74) is 3.26. The van der Waals surface area contributed by atoms with Gasteiger partial charge in [0.25, 0.3) is 5.91 Å². The molecule has 2 aromatic carbocycles. The lowest BCUT2D eigenvalue weighted by Gasteiger charge is -2.10. The van der Waals surface area contributed by atoms with Gasteiger partial charge < -0.3 is 20.1 Å². The number of nitrogens with one attached hydrogen (secondary N) is 3. The van der Waals surface area contributed by atoms with Crippen LogP contribution in [0.5, 0.6) is 11.5 Å². The number of rotatable bonds is 9. The van der Waals surface area contributed by atoms with Crippen LogP contribution in [0.3, 0.4) is 0 Å². The zero-order chi connectivity index (χ0) is 22.6. The van der Waals surface area contributed by atoms with Crippen LogP contribution in [0.1, 0.15) is 18.9 Å². The van der Waals surface area contributed by atoms with Crippen LogP contribution >= 0.6 is 15.9 Å². The van der Waals surface area contributed by atoms with Crippen molar-refractivity contribution < 1.29 is 23.9 Å². The molecule has 0 atom stereocenters. The molecule has 0 aliphatic rings. The van der Waals surface area contributed by atoms with Crippen LogP contribution in [0.4, 0.5) is 5.69 Å². The number of benzene rings is 2. The standard InChI is InChI=1S/C21H23BrN4O5/c1-3-10-23-20(28)21(29)26-24-12-14-11-15(22)4-9-18(14)31-13-19(27)25-16-5-7-17(30-2)8-6-16/h4-9,11-12H,3,10,13H2,1-2H3,(H,23,28)(H,25,27)(H,26,29)/b24-12-. The fourth-order valence-corrected chi connectivity index (χ4v) is 2.68. The van der Waals surface area contributed by atoms with Gasteiger partial charge in [0.1, 0.15) is 11.5 Å². The molecule has 0 heterocycles. The summed E-state index contributed by atoms with van der Waals surface area (Å²) in [5, 5.41) is 8.95. The van der Waals surface area contributed by atoms with Gasteiger partial charge in [0.15, 0.2) is 6.61 Å². The third-order valence-corrected chi connectivity index (χ3v) is 4.31. The van der Waals surface area contributed by atoms with E-state index in [1.807, 2.05) is 6.92 Å². The highest BCUT2D eigenvalue weighted by molar-refractivity contribution is 9.10. The molecule has 0 spiro atoms. The van der Waals surface area contributed by atoms with Crippen molar-refractivity contribution in [3.05, 3.63) is 52.5 Å². The second-order valence-electron chi connectivity index (χ2n) is 6.20. The average molecular weight is 491 g/mol. The van der Waals surface area contributed by atoms with Crippen molar-refractivity contribution >= 4 is 45.6 Å². The van der Waals surface area contributed by atoms with Crippen molar-refractivity contribution in [1.29, 1.82) is 0 Å². The van der Waals surface area contributed by atoms with Gasteiger partial charge in [0.2, 0.25) is 0 Å². The molecule has 0 aromatic heterocycles. The summed E-state index contributed by atoms with van der Waals surface area (Å²) in [6, 6.07) is 12.0. The second-order valence-corrected chi connectivity index (χ2v) is 7.12. The van der Waals surface area contributed by atoms with E-state index in [0.717, 1.165) is 4.47 Å². The van der Waals surface area contributed by atoms with Crippen LogP contribution in [-0.2, 0) is 14.4 Å². The maximum absolute atomic E-state index is 12.2. The van der Waals surface area contributed by atoms with E-state index in [4.69, 9.17) is 9.47 Å². The Bertz CT molecular complexity index is 947. The number of amides is 3. The fourth-order valence-electron chi connectivity index (χ4n) is 2.30. The van der Waals surface area contributed by atoms with Gasteiger partial charge in [-0.05, 0) is 48.9 Å². The number of hydrogen-bond donors (Lipinski definition) is 3. The number of hydrogen-bond acceptors (Lipinski definition) is 6. The highest BCUT2D eigenvalue weighted by atomic mass is 79.9. The number of anilines is 1. The van der Waals surface area contributed by atoms with Gasteiger partial charge in [-0.1, -0.05) is 22.9 Å². The highest BCUT2D eigenvalue weighted by Gasteiger charge is 2.11. The van der Waals surface area contributed by atoms with E-state index < -0.39 is 11.8 Å². The van der Waals surface area contributed by atoms with Crippen LogP contribution in [-0.4, -0.2) is 44.2 Å². The molecule has 3 N–H and O–H groups in total. The molecular weight excluding hydrogens is 468 g/mol. The van der Waals surface area contributed by atoms with Crippen molar-refractivity contribution in [2.75, 3.05) is 25.6 Å². The number of carbonyl (C=O) groups excluding carboxylic acids is 3. The number of hydrazone groups is 1. The van der Waals surface area contributed by atoms with E-state index in [1.54, 1.807) is 49.6 Å². The number of halogens is 1. The lowest BCUT2D eigenvalue weighted by molar-refractivity contribution is -0.139. The summed E-state index contributed by atoms with van der Waals surface area (Å²) in [4.78, 5) is 35.4. The van der Waals surface area contributed by atoms with Gasteiger partial charge in [0, 0.05) is 22.3 Å². The Kier molecular flexibility index (Phi) is 9.50. The first kappa shape index (κ1) is 23.9. The largest absolute Gasteiger partial charge is 0.497 e. The zero-order valence-corrected chi connectivity index (χ0v) is 18.7. The summed E-state index contributed by atoms with van der Waals surface area (Å²) >= 11 is 3.35. The average Bonchev–Trinajstić information content (AvgIpc) is 2.77. The number of ether oxygens (including phenoxy) is 2. The van der Waals surface area contributed by atoms with Crippen LogP contribution in [0, 0.1) is 0 Å². The molecular formula is C21H23BrN4O5. The van der Waals surface area contributed by atoms with Gasteiger partial charge in [0.05, 0.1) is 13.3 Å². The van der Waals surface area contributed by atoms with E-state index in [0.29, 0.717) is 35.7 Å². The molecule has 0 saturated heterocycles. The lowest BCUT2D eigenvalue weighted by Crippen LogP contribution is -2.38. The summed E-state index contributed by atoms with van der Waals surface area (Å²) in [5.74, 6) is -0.928. The molecule has 164 valence electrons. The third kappa shape index (κ3) is 8.09. The van der Waals surface area contributed by atoms with E-state index in [1.165, 1.54) is 6.21 Å². The fraction of sp³-hybridized carbons (Fsp3) is 0.238. The van der Waals surface area contributed by atoms with Gasteiger partial charge in [-0.2, -0.15) is 5.10 Å². The Labute approximate surface area is 188 Å². The van der Waals surface area contributed by atoms with Crippen LogP contribution in [0.2, 0.25) is 0 Å². The number of carbonyl (C=O) groups is 3. The molecule has 10 heteroatoms. The summed E-state index contributed by atoms with van der Waals surface area (Å²) in [6.07, 6.45) is 2.04. The van der Waals surface area contributed by atoms with E-state index in [2.05, 4.69) is 37.1 Å². The minimum Gasteiger partial charge on any atom is -0.497 e. The predicted octanol–water partition coefficient (Wildman–Crippen LogP) is 2.45. The molecule has 0 saturated carbocycles. The first-order valence-corrected chi connectivity index (χ1v) is 10.2. The van der Waals surface area contributed by atoms with Crippen molar-refractivity contribution in [2.45, 2.75) is 13.3 Å². The molecule has 0 radical (unpaired) electrons. The van der Waals surface area contributed by atoms with Crippen molar-refractivity contribution in [3.8, 4) is 11.5 Å². The molecule has 2 aromatic rings. The highest BCUT2D eigenvalue weighted by Crippen LogP contribution is 2.22. The predicted molar refractivity (Wildman–Crippen MR) is 120 cm³/mol. The molecule has 0 bridgehead atoms. The van der Waals surface area contributed by atoms with E-state index in [-0.39, 0.29) is 12.5 Å². The summed E-state index contributed by atoms with van der Waals surface area (Å²) in [6.45, 7) is 2.04. The first-order chi connectivity index (χ1) is 14.9. The Balaban J connectivity index is 1.94. The monoisotopic (exact) mass is 490 g/mol. The van der Waals surface area contributed by atoms with E-state index >= 15 is 0 Å². The minimum absolute atomic E-state index is 0.236. The van der Waals surface area contributed by atoms with Crippen molar-refractivity contribution in [1.82, 2.24) is 10.7 Å². The summed E-state index contributed by atoms with van der Waals surface area (Å²) < 4.78 is 11.4. The first-order valence-electron chi connectivity index (χ1n) is 9.40. The molecule has 0 aliphatic heterocycles. The molecule has 2 rings (SSSR count). The zero-order valence-electron chi connectivity index (χ0n) is 17.1. The maximum Gasteiger partial charge on any atom is 0.329 e. The molecule has 0 fully saturated rings. The van der Waals surface area contributed by atoms with Gasteiger partial charge in [-0.3, -0.25) is 14.4 Å². The number of methoxy groups -OCH3 is 1. The van der Waals surface area contributed by atoms with Gasteiger partial charge >= 0.3 is 11.8 Å². The molecule has 0 unspecified atom stereocenters. The third-order valence-electron chi connectivity index (χ3n) is 3.82. The second kappa shape index (κ2) is 12.3. The lowest BCUT2D eigenvalue weighted by atomic mass is 10.2. The Morgan fingerprint density at radius 2 is 1.84 bits per heavy atom. The molecule has 0 aliphatic carbocycles.